The number of pyridine rings is 1. The van der Waals surface area contributed by atoms with Gasteiger partial charge in [-0.05, 0) is 29.8 Å². The Morgan fingerprint density at radius 2 is 1.90 bits per heavy atom. The first-order valence-corrected chi connectivity index (χ1v) is 9.84. The Bertz CT molecular complexity index is 1110. The molecule has 0 amide bonds. The number of hydrogen-bond donors (Lipinski definition) is 1. The van der Waals surface area contributed by atoms with E-state index in [1.54, 1.807) is 18.2 Å². The SMILES string of the molecule is CN(C)c1nc2ccccc2c(-c2ccc(F)cc2)c1C=C[C@H]1C[C@H](O)CC(=O)O1. The van der Waals surface area contributed by atoms with Gasteiger partial charge < -0.3 is 14.7 Å². The minimum absolute atomic E-state index is 0.0195. The summed E-state index contributed by atoms with van der Waals surface area (Å²) in [5, 5.41) is 10.8. The fraction of sp³-hybridized carbons (Fsp3) is 0.250. The largest absolute Gasteiger partial charge is 0.458 e. The molecule has 0 unspecified atom stereocenters. The molecule has 154 valence electrons. The van der Waals surface area contributed by atoms with E-state index in [-0.39, 0.29) is 12.2 Å². The molecule has 1 saturated heterocycles. The molecular weight excluding hydrogens is 383 g/mol. The number of carbonyl (C=O) groups excluding carboxylic acids is 1. The maximum atomic E-state index is 13.6. The summed E-state index contributed by atoms with van der Waals surface area (Å²) in [6.07, 6.45) is 2.82. The second kappa shape index (κ2) is 8.24. The molecule has 2 atom stereocenters. The topological polar surface area (TPSA) is 62.7 Å². The summed E-state index contributed by atoms with van der Waals surface area (Å²) in [5.74, 6) is 0.0312. The van der Waals surface area contributed by atoms with Crippen molar-refractivity contribution in [3.8, 4) is 11.1 Å². The zero-order valence-electron chi connectivity index (χ0n) is 16.9. The van der Waals surface area contributed by atoms with Gasteiger partial charge in [-0.3, -0.25) is 4.79 Å². The summed E-state index contributed by atoms with van der Waals surface area (Å²) in [7, 11) is 3.82. The average molecular weight is 406 g/mol. The number of carbonyl (C=O) groups is 1. The molecule has 1 aliphatic rings. The molecule has 30 heavy (non-hydrogen) atoms. The molecule has 2 aromatic carbocycles. The van der Waals surface area contributed by atoms with Crippen LogP contribution in [-0.2, 0) is 9.53 Å². The van der Waals surface area contributed by atoms with Crippen molar-refractivity contribution >= 4 is 28.8 Å². The van der Waals surface area contributed by atoms with Crippen LogP contribution in [0, 0.1) is 5.82 Å². The van der Waals surface area contributed by atoms with E-state index in [9.17, 15) is 14.3 Å². The van der Waals surface area contributed by atoms with E-state index in [2.05, 4.69) is 0 Å². The van der Waals surface area contributed by atoms with Gasteiger partial charge >= 0.3 is 5.97 Å². The number of esters is 1. The van der Waals surface area contributed by atoms with Crippen LogP contribution in [0.15, 0.2) is 54.6 Å². The molecule has 0 aliphatic carbocycles. The molecule has 0 saturated carbocycles. The summed E-state index contributed by atoms with van der Waals surface area (Å²) >= 11 is 0. The molecule has 3 aromatic rings. The van der Waals surface area contributed by atoms with Gasteiger partial charge in [0.25, 0.3) is 0 Å². The van der Waals surface area contributed by atoms with Gasteiger partial charge in [-0.15, -0.1) is 0 Å². The molecule has 0 spiro atoms. The molecule has 4 rings (SSSR count). The molecule has 6 heteroatoms. The third kappa shape index (κ3) is 4.04. The smallest absolute Gasteiger partial charge is 0.309 e. The second-order valence-corrected chi connectivity index (χ2v) is 7.62. The lowest BCUT2D eigenvalue weighted by Crippen LogP contribution is -2.31. The van der Waals surface area contributed by atoms with E-state index >= 15 is 0 Å². The van der Waals surface area contributed by atoms with Crippen LogP contribution in [0.2, 0.25) is 0 Å². The number of fused-ring (bicyclic) bond motifs is 1. The highest BCUT2D eigenvalue weighted by Gasteiger charge is 2.25. The van der Waals surface area contributed by atoms with Gasteiger partial charge in [0.05, 0.1) is 18.0 Å². The lowest BCUT2D eigenvalue weighted by Gasteiger charge is -2.24. The van der Waals surface area contributed by atoms with Gasteiger partial charge in [0.1, 0.15) is 17.7 Å². The minimum Gasteiger partial charge on any atom is -0.458 e. The maximum Gasteiger partial charge on any atom is 0.309 e. The van der Waals surface area contributed by atoms with Crippen molar-refractivity contribution in [1.29, 1.82) is 0 Å². The first-order valence-electron chi connectivity index (χ1n) is 9.84. The molecule has 2 heterocycles. The van der Waals surface area contributed by atoms with E-state index in [1.165, 1.54) is 12.1 Å². The normalized spacial score (nSPS) is 19.3. The third-order valence-corrected chi connectivity index (χ3v) is 5.13. The van der Waals surface area contributed by atoms with E-state index in [1.807, 2.05) is 49.3 Å². The molecule has 0 radical (unpaired) electrons. The Morgan fingerprint density at radius 3 is 2.60 bits per heavy atom. The number of aliphatic hydroxyl groups is 1. The van der Waals surface area contributed by atoms with Gasteiger partial charge in [0.15, 0.2) is 0 Å². The number of hydrogen-bond acceptors (Lipinski definition) is 5. The number of nitrogens with zero attached hydrogens (tertiary/aromatic N) is 2. The van der Waals surface area contributed by atoms with Crippen LogP contribution in [0.5, 0.6) is 0 Å². The van der Waals surface area contributed by atoms with E-state index < -0.39 is 18.2 Å². The standard InChI is InChI=1S/C24H23FN2O3/c1-27(2)24-20(12-11-18-13-17(28)14-22(29)30-18)23(15-7-9-16(25)10-8-15)19-5-3-4-6-21(19)26-24/h3-12,17-18,28H,13-14H2,1-2H3/t17-,18-/m0/s1. The average Bonchev–Trinajstić information content (AvgIpc) is 2.71. The molecule has 1 N–H and O–H groups in total. The lowest BCUT2D eigenvalue weighted by atomic mass is 9.94. The van der Waals surface area contributed by atoms with Crippen molar-refractivity contribution in [1.82, 2.24) is 4.98 Å². The van der Waals surface area contributed by atoms with Crippen molar-refractivity contribution in [2.45, 2.75) is 25.0 Å². The number of ether oxygens (including phenoxy) is 1. The quantitative estimate of drug-likeness (QED) is 0.659. The van der Waals surface area contributed by atoms with Gasteiger partial charge in [0, 0.05) is 37.0 Å². The van der Waals surface area contributed by atoms with E-state index in [0.717, 1.165) is 33.4 Å². The zero-order chi connectivity index (χ0) is 21.3. The Morgan fingerprint density at radius 1 is 1.17 bits per heavy atom. The van der Waals surface area contributed by atoms with Crippen LogP contribution in [0.1, 0.15) is 18.4 Å². The van der Waals surface area contributed by atoms with Crippen molar-refractivity contribution in [3.63, 3.8) is 0 Å². The highest BCUT2D eigenvalue weighted by molar-refractivity contribution is 6.01. The zero-order valence-corrected chi connectivity index (χ0v) is 16.9. The summed E-state index contributed by atoms with van der Waals surface area (Å²) < 4.78 is 18.9. The van der Waals surface area contributed by atoms with Crippen LogP contribution >= 0.6 is 0 Å². The number of anilines is 1. The van der Waals surface area contributed by atoms with Crippen molar-refractivity contribution in [2.75, 3.05) is 19.0 Å². The van der Waals surface area contributed by atoms with Crippen LogP contribution in [0.3, 0.4) is 0 Å². The highest BCUT2D eigenvalue weighted by atomic mass is 19.1. The Hall–Kier alpha value is -3.25. The number of aliphatic hydroxyl groups excluding tert-OH is 1. The lowest BCUT2D eigenvalue weighted by molar-refractivity contribution is -0.156. The molecule has 1 fully saturated rings. The first kappa shape index (κ1) is 20.0. The first-order chi connectivity index (χ1) is 14.4. The van der Waals surface area contributed by atoms with Crippen LogP contribution < -0.4 is 4.90 Å². The van der Waals surface area contributed by atoms with Crippen LogP contribution in [0.4, 0.5) is 10.2 Å². The minimum atomic E-state index is -0.708. The number of halogens is 1. The number of rotatable bonds is 4. The fourth-order valence-corrected chi connectivity index (χ4v) is 3.77. The summed E-state index contributed by atoms with van der Waals surface area (Å²) in [4.78, 5) is 18.4. The summed E-state index contributed by atoms with van der Waals surface area (Å²) in [6.45, 7) is 0. The summed E-state index contributed by atoms with van der Waals surface area (Å²) in [6, 6.07) is 14.2. The number of cyclic esters (lactones) is 1. The number of benzene rings is 2. The van der Waals surface area contributed by atoms with Crippen molar-refractivity contribution in [3.05, 3.63) is 66.0 Å². The Labute approximate surface area is 174 Å². The number of aromatic nitrogens is 1. The predicted molar refractivity (Wildman–Crippen MR) is 116 cm³/mol. The molecule has 1 aliphatic heterocycles. The van der Waals surface area contributed by atoms with Gasteiger partial charge in [-0.1, -0.05) is 36.4 Å². The molecular formula is C24H23FN2O3. The summed E-state index contributed by atoms with van der Waals surface area (Å²) in [5.41, 5.74) is 3.44. The van der Waals surface area contributed by atoms with Gasteiger partial charge in [-0.2, -0.15) is 0 Å². The van der Waals surface area contributed by atoms with E-state index in [0.29, 0.717) is 6.42 Å². The van der Waals surface area contributed by atoms with Crippen molar-refractivity contribution < 1.29 is 19.0 Å². The van der Waals surface area contributed by atoms with Crippen molar-refractivity contribution in [2.24, 2.45) is 0 Å². The second-order valence-electron chi connectivity index (χ2n) is 7.62. The molecule has 1 aromatic heterocycles. The Balaban J connectivity index is 1.91. The third-order valence-electron chi connectivity index (χ3n) is 5.13. The molecule has 0 bridgehead atoms. The van der Waals surface area contributed by atoms with Gasteiger partial charge in [0.2, 0.25) is 0 Å². The van der Waals surface area contributed by atoms with Crippen LogP contribution in [0.25, 0.3) is 28.1 Å². The van der Waals surface area contributed by atoms with Gasteiger partial charge in [-0.25, -0.2) is 9.37 Å². The Kier molecular flexibility index (Phi) is 5.50. The predicted octanol–water partition coefficient (Wildman–Crippen LogP) is 4.19. The monoisotopic (exact) mass is 406 g/mol. The van der Waals surface area contributed by atoms with Crippen LogP contribution in [-0.4, -0.2) is 42.4 Å². The number of para-hydroxylation sites is 1. The molecule has 5 nitrogen and oxygen atoms in total. The maximum absolute atomic E-state index is 13.6. The van der Waals surface area contributed by atoms with E-state index in [4.69, 9.17) is 9.72 Å². The highest BCUT2D eigenvalue weighted by Crippen LogP contribution is 2.37. The fourth-order valence-electron chi connectivity index (χ4n) is 3.77.